The zero-order valence-corrected chi connectivity index (χ0v) is 11.7. The van der Waals surface area contributed by atoms with E-state index in [1.165, 1.54) is 6.92 Å². The molecule has 0 saturated carbocycles. The van der Waals surface area contributed by atoms with Gasteiger partial charge in [0.1, 0.15) is 0 Å². The van der Waals surface area contributed by atoms with Crippen LogP contribution in [0.3, 0.4) is 0 Å². The Bertz CT molecular complexity index is 481. The summed E-state index contributed by atoms with van der Waals surface area (Å²) in [4.78, 5) is 29.6. The number of amides is 1. The Morgan fingerprint density at radius 1 is 1.32 bits per heavy atom. The van der Waals surface area contributed by atoms with Crippen molar-refractivity contribution in [3.8, 4) is 0 Å². The van der Waals surface area contributed by atoms with Crippen LogP contribution >= 0.6 is 7.60 Å². The molecule has 0 radical (unpaired) electrons. The molecular weight excluding hydrogens is 269 g/mol. The topological polar surface area (TPSA) is 98.1 Å². The Morgan fingerprint density at radius 3 is 2.26 bits per heavy atom. The van der Waals surface area contributed by atoms with E-state index in [4.69, 9.17) is 0 Å². The van der Waals surface area contributed by atoms with Crippen LogP contribution in [0, 0.1) is 6.92 Å². The molecule has 7 heteroatoms. The second kappa shape index (κ2) is 6.30. The largest absolute Gasteiger partial charge is 0.333 e. The summed E-state index contributed by atoms with van der Waals surface area (Å²) in [6.45, 7) is 2.93. The monoisotopic (exact) mass is 287 g/mol. The fourth-order valence-electron chi connectivity index (χ4n) is 1.72. The van der Waals surface area contributed by atoms with Crippen molar-refractivity contribution >= 4 is 13.5 Å². The highest BCUT2D eigenvalue weighted by atomic mass is 31.2. The predicted octanol–water partition coefficient (Wildman–Crippen LogP) is 1.84. The van der Waals surface area contributed by atoms with Crippen molar-refractivity contribution < 1.29 is 24.4 Å². The van der Waals surface area contributed by atoms with Gasteiger partial charge in [-0.05, 0) is 18.9 Å². The maximum Gasteiger partial charge on any atom is 0.333 e. The van der Waals surface area contributed by atoms with Crippen molar-refractivity contribution in [3.63, 3.8) is 0 Å². The normalized spacial score (nSPS) is 13.1. The maximum atomic E-state index is 11.5. The molecule has 0 aliphatic rings. The molecule has 6 nitrogen and oxygen atoms in total. The number of aryl methyl sites for hydroxylation is 1. The van der Waals surface area contributed by atoms with Crippen LogP contribution < -0.4 is 0 Å². The standard InChI is InChI=1S/C12H18NO5P/c1-9-3-5-11(6-4-9)12(19(16,17)18)7-8-13(15)10(2)14/h3-6,12,15H,7-8H2,1-2H3,(H2,16,17,18). The molecule has 0 fully saturated rings. The van der Waals surface area contributed by atoms with Gasteiger partial charge in [-0.2, -0.15) is 0 Å². The molecule has 0 spiro atoms. The van der Waals surface area contributed by atoms with Crippen LogP contribution in [0.25, 0.3) is 0 Å². The van der Waals surface area contributed by atoms with E-state index < -0.39 is 19.2 Å². The molecule has 1 atom stereocenters. The first-order chi connectivity index (χ1) is 8.71. The predicted molar refractivity (Wildman–Crippen MR) is 69.8 cm³/mol. The zero-order valence-electron chi connectivity index (χ0n) is 10.9. The van der Waals surface area contributed by atoms with Crippen LogP contribution in [0.5, 0.6) is 0 Å². The molecule has 0 bridgehead atoms. The first-order valence-corrected chi connectivity index (χ1v) is 7.48. The third kappa shape index (κ3) is 4.76. The third-order valence-corrected chi connectivity index (χ3v) is 4.21. The first-order valence-electron chi connectivity index (χ1n) is 5.80. The van der Waals surface area contributed by atoms with Gasteiger partial charge >= 0.3 is 7.60 Å². The van der Waals surface area contributed by atoms with Gasteiger partial charge in [-0.1, -0.05) is 29.8 Å². The Balaban J connectivity index is 2.88. The van der Waals surface area contributed by atoms with Gasteiger partial charge in [0.25, 0.3) is 0 Å². The van der Waals surface area contributed by atoms with Gasteiger partial charge in [0.05, 0.1) is 5.66 Å². The lowest BCUT2D eigenvalue weighted by Gasteiger charge is -2.21. The van der Waals surface area contributed by atoms with Gasteiger partial charge < -0.3 is 9.79 Å². The van der Waals surface area contributed by atoms with Gasteiger partial charge in [-0.25, -0.2) is 5.06 Å². The van der Waals surface area contributed by atoms with Crippen LogP contribution in [0.15, 0.2) is 24.3 Å². The SMILES string of the molecule is CC(=O)N(O)CCC(c1ccc(C)cc1)P(=O)(O)O. The molecule has 1 aromatic carbocycles. The summed E-state index contributed by atoms with van der Waals surface area (Å²) in [6, 6.07) is 6.82. The number of hydroxylamine groups is 2. The highest BCUT2D eigenvalue weighted by Gasteiger charge is 2.30. The summed E-state index contributed by atoms with van der Waals surface area (Å²) in [5.41, 5.74) is 0.457. The fourth-order valence-corrected chi connectivity index (χ4v) is 2.73. The quantitative estimate of drug-likeness (QED) is 0.436. The van der Waals surface area contributed by atoms with Crippen LogP contribution in [0.1, 0.15) is 30.1 Å². The number of hydrogen-bond acceptors (Lipinski definition) is 3. The van der Waals surface area contributed by atoms with Crippen molar-refractivity contribution in [2.45, 2.75) is 25.9 Å². The minimum atomic E-state index is -4.35. The van der Waals surface area contributed by atoms with E-state index in [1.807, 2.05) is 6.92 Å². The minimum absolute atomic E-state index is 0.0105. The van der Waals surface area contributed by atoms with Gasteiger partial charge in [0, 0.05) is 13.5 Å². The van der Waals surface area contributed by atoms with E-state index in [0.717, 1.165) is 5.56 Å². The molecule has 0 saturated heterocycles. The lowest BCUT2D eigenvalue weighted by molar-refractivity contribution is -0.162. The van der Waals surface area contributed by atoms with Crippen LogP contribution in [-0.4, -0.2) is 32.5 Å². The van der Waals surface area contributed by atoms with Crippen molar-refractivity contribution in [3.05, 3.63) is 35.4 Å². The van der Waals surface area contributed by atoms with Gasteiger partial charge in [-0.15, -0.1) is 0 Å². The van der Waals surface area contributed by atoms with E-state index in [0.29, 0.717) is 10.6 Å². The molecule has 3 N–H and O–H groups in total. The second-order valence-electron chi connectivity index (χ2n) is 4.45. The fraction of sp³-hybridized carbons (Fsp3) is 0.417. The summed E-state index contributed by atoms with van der Waals surface area (Å²) in [7, 11) is -4.35. The van der Waals surface area contributed by atoms with Crippen molar-refractivity contribution in [1.29, 1.82) is 0 Å². The average molecular weight is 287 g/mol. The summed E-state index contributed by atoms with van der Waals surface area (Å²) < 4.78 is 11.5. The molecule has 1 aromatic rings. The molecule has 1 amide bonds. The third-order valence-electron chi connectivity index (χ3n) is 2.85. The Labute approximate surface area is 111 Å². The minimum Gasteiger partial charge on any atom is -0.324 e. The van der Waals surface area contributed by atoms with Crippen LogP contribution in [0.4, 0.5) is 0 Å². The Morgan fingerprint density at radius 2 is 1.84 bits per heavy atom. The smallest absolute Gasteiger partial charge is 0.324 e. The number of hydrogen-bond donors (Lipinski definition) is 3. The molecule has 0 aromatic heterocycles. The molecule has 1 rings (SSSR count). The molecule has 19 heavy (non-hydrogen) atoms. The molecule has 1 unspecified atom stereocenters. The summed E-state index contributed by atoms with van der Waals surface area (Å²) in [5.74, 6) is -0.562. The van der Waals surface area contributed by atoms with E-state index >= 15 is 0 Å². The Hall–Kier alpha value is -1.20. The summed E-state index contributed by atoms with van der Waals surface area (Å²) >= 11 is 0. The van der Waals surface area contributed by atoms with E-state index in [9.17, 15) is 24.4 Å². The van der Waals surface area contributed by atoms with Gasteiger partial charge in [-0.3, -0.25) is 14.6 Å². The number of carbonyl (C=O) groups is 1. The molecule has 0 aliphatic heterocycles. The molecule has 0 aliphatic carbocycles. The maximum absolute atomic E-state index is 11.5. The van der Waals surface area contributed by atoms with E-state index in [-0.39, 0.29) is 13.0 Å². The first kappa shape index (κ1) is 15.9. The number of carbonyl (C=O) groups excluding carboxylic acids is 1. The average Bonchev–Trinajstić information content (AvgIpc) is 2.29. The van der Waals surface area contributed by atoms with Crippen LogP contribution in [-0.2, 0) is 9.36 Å². The molecule has 0 heterocycles. The number of nitrogens with zero attached hydrogens (tertiary/aromatic N) is 1. The molecular formula is C12H18NO5P. The lowest BCUT2D eigenvalue weighted by Crippen LogP contribution is -2.26. The Kier molecular flexibility index (Phi) is 5.26. The van der Waals surface area contributed by atoms with Crippen molar-refractivity contribution in [1.82, 2.24) is 5.06 Å². The summed E-state index contributed by atoms with van der Waals surface area (Å²) in [5, 5.41) is 9.72. The zero-order chi connectivity index (χ0) is 14.6. The lowest BCUT2D eigenvalue weighted by atomic mass is 10.1. The van der Waals surface area contributed by atoms with Crippen molar-refractivity contribution in [2.75, 3.05) is 6.54 Å². The number of benzene rings is 1. The van der Waals surface area contributed by atoms with Crippen molar-refractivity contribution in [2.24, 2.45) is 0 Å². The van der Waals surface area contributed by atoms with Crippen LogP contribution in [0.2, 0.25) is 0 Å². The highest BCUT2D eigenvalue weighted by molar-refractivity contribution is 7.52. The molecule has 106 valence electrons. The second-order valence-corrected chi connectivity index (χ2v) is 6.25. The van der Waals surface area contributed by atoms with Gasteiger partial charge in [0.2, 0.25) is 5.91 Å². The number of rotatable bonds is 5. The highest BCUT2D eigenvalue weighted by Crippen LogP contribution is 2.53. The van der Waals surface area contributed by atoms with E-state index in [1.54, 1.807) is 24.3 Å². The van der Waals surface area contributed by atoms with Gasteiger partial charge in [0.15, 0.2) is 0 Å². The van der Waals surface area contributed by atoms with E-state index in [2.05, 4.69) is 0 Å². The summed E-state index contributed by atoms with van der Waals surface area (Å²) in [6.07, 6.45) is -0.0105.